The lowest BCUT2D eigenvalue weighted by Gasteiger charge is -2.06. The van der Waals surface area contributed by atoms with E-state index in [9.17, 15) is 9.59 Å². The Hall–Kier alpha value is -2.70. The molecule has 2 aromatic carbocycles. The van der Waals surface area contributed by atoms with Crippen LogP contribution in [0.4, 0.5) is 10.8 Å². The van der Waals surface area contributed by atoms with E-state index in [1.807, 2.05) is 43.3 Å². The van der Waals surface area contributed by atoms with Crippen LogP contribution in [0.5, 0.6) is 0 Å². The number of nitrogens with one attached hydrogen (secondary N) is 2. The van der Waals surface area contributed by atoms with Crippen molar-refractivity contribution in [1.82, 2.24) is 4.98 Å². The van der Waals surface area contributed by atoms with E-state index in [1.165, 1.54) is 11.3 Å². The van der Waals surface area contributed by atoms with Crippen molar-refractivity contribution in [2.45, 2.75) is 19.8 Å². The van der Waals surface area contributed by atoms with Gasteiger partial charge in [0, 0.05) is 16.1 Å². The molecule has 138 valence electrons. The molecule has 5 nitrogen and oxygen atoms in total. The van der Waals surface area contributed by atoms with Gasteiger partial charge >= 0.3 is 0 Å². The summed E-state index contributed by atoms with van der Waals surface area (Å²) in [6.07, 6.45) is 0.404. The number of aromatic nitrogens is 1. The maximum atomic E-state index is 12.2. The molecule has 3 aromatic rings. The standard InChI is InChI=1S/C20H18ClN3O2S/c1-13-7-8-15(10-17(13)21)22-19(26)11-16-12-27-20(23-16)24-18(25)9-14-5-3-2-4-6-14/h2-8,10,12H,9,11H2,1H3,(H,22,26)(H,23,24,25). The molecule has 7 heteroatoms. The Labute approximate surface area is 166 Å². The maximum Gasteiger partial charge on any atom is 0.230 e. The van der Waals surface area contributed by atoms with Gasteiger partial charge in [-0.15, -0.1) is 11.3 Å². The second-order valence-electron chi connectivity index (χ2n) is 6.04. The predicted octanol–water partition coefficient (Wildman–Crippen LogP) is 4.47. The predicted molar refractivity (Wildman–Crippen MR) is 109 cm³/mol. The zero-order chi connectivity index (χ0) is 19.2. The number of hydrogen-bond donors (Lipinski definition) is 2. The van der Waals surface area contributed by atoms with Gasteiger partial charge in [0.1, 0.15) is 0 Å². The van der Waals surface area contributed by atoms with Crippen molar-refractivity contribution in [3.05, 3.63) is 75.8 Å². The average Bonchev–Trinajstić information content (AvgIpc) is 3.05. The molecule has 0 bridgehead atoms. The molecule has 0 saturated heterocycles. The fourth-order valence-electron chi connectivity index (χ4n) is 2.43. The molecule has 0 saturated carbocycles. The van der Waals surface area contributed by atoms with Crippen molar-refractivity contribution in [2.75, 3.05) is 10.6 Å². The van der Waals surface area contributed by atoms with Crippen LogP contribution in [0.3, 0.4) is 0 Å². The van der Waals surface area contributed by atoms with Crippen LogP contribution in [0, 0.1) is 6.92 Å². The molecule has 0 radical (unpaired) electrons. The maximum absolute atomic E-state index is 12.2. The molecular weight excluding hydrogens is 382 g/mol. The molecule has 1 aromatic heterocycles. The van der Waals surface area contributed by atoms with Crippen LogP contribution in [0.1, 0.15) is 16.8 Å². The number of rotatable bonds is 6. The van der Waals surface area contributed by atoms with Gasteiger partial charge in [0.25, 0.3) is 0 Å². The normalized spacial score (nSPS) is 10.4. The van der Waals surface area contributed by atoms with E-state index < -0.39 is 0 Å². The molecule has 0 atom stereocenters. The van der Waals surface area contributed by atoms with Crippen molar-refractivity contribution < 1.29 is 9.59 Å². The van der Waals surface area contributed by atoms with Crippen LogP contribution in [0.15, 0.2) is 53.9 Å². The number of thiazole rings is 1. The minimum atomic E-state index is -0.192. The zero-order valence-electron chi connectivity index (χ0n) is 14.7. The molecule has 0 aliphatic rings. The second-order valence-corrected chi connectivity index (χ2v) is 7.31. The lowest BCUT2D eigenvalue weighted by molar-refractivity contribution is -0.116. The Morgan fingerprint density at radius 1 is 1.04 bits per heavy atom. The summed E-state index contributed by atoms with van der Waals surface area (Å²) < 4.78 is 0. The quantitative estimate of drug-likeness (QED) is 0.642. The summed E-state index contributed by atoms with van der Waals surface area (Å²) in [6.45, 7) is 1.90. The van der Waals surface area contributed by atoms with Crippen LogP contribution in [0.2, 0.25) is 5.02 Å². The summed E-state index contributed by atoms with van der Waals surface area (Å²) in [4.78, 5) is 28.6. The minimum Gasteiger partial charge on any atom is -0.326 e. The fraction of sp³-hybridized carbons (Fsp3) is 0.150. The second kappa shape index (κ2) is 8.79. The summed E-state index contributed by atoms with van der Waals surface area (Å²) in [5, 5.41) is 8.41. The molecule has 0 aliphatic heterocycles. The third-order valence-electron chi connectivity index (χ3n) is 3.80. The fourth-order valence-corrected chi connectivity index (χ4v) is 3.34. The van der Waals surface area contributed by atoms with Crippen LogP contribution in [-0.2, 0) is 22.4 Å². The van der Waals surface area contributed by atoms with Crippen molar-refractivity contribution >= 4 is 45.6 Å². The molecule has 1 heterocycles. The number of halogens is 1. The summed E-state index contributed by atoms with van der Waals surface area (Å²) in [6, 6.07) is 14.8. The third-order valence-corrected chi connectivity index (χ3v) is 5.02. The number of carbonyl (C=O) groups excluding carboxylic acids is 2. The lowest BCUT2D eigenvalue weighted by atomic mass is 10.1. The lowest BCUT2D eigenvalue weighted by Crippen LogP contribution is -2.16. The van der Waals surface area contributed by atoms with E-state index in [1.54, 1.807) is 17.5 Å². The molecule has 0 unspecified atom stereocenters. The van der Waals surface area contributed by atoms with E-state index in [-0.39, 0.29) is 24.7 Å². The number of benzene rings is 2. The zero-order valence-corrected chi connectivity index (χ0v) is 16.2. The Kier molecular flexibility index (Phi) is 6.21. The van der Waals surface area contributed by atoms with Gasteiger partial charge in [-0.1, -0.05) is 48.0 Å². The Balaban J connectivity index is 1.53. The first-order valence-corrected chi connectivity index (χ1v) is 9.59. The van der Waals surface area contributed by atoms with Crippen molar-refractivity contribution in [3.63, 3.8) is 0 Å². The molecule has 27 heavy (non-hydrogen) atoms. The first-order valence-electron chi connectivity index (χ1n) is 8.34. The smallest absolute Gasteiger partial charge is 0.230 e. The molecule has 0 fully saturated rings. The highest BCUT2D eigenvalue weighted by atomic mass is 35.5. The van der Waals surface area contributed by atoms with E-state index in [0.29, 0.717) is 21.5 Å². The van der Waals surface area contributed by atoms with Gasteiger partial charge < -0.3 is 10.6 Å². The van der Waals surface area contributed by atoms with Crippen molar-refractivity contribution in [3.8, 4) is 0 Å². The first-order chi connectivity index (χ1) is 13.0. The highest BCUT2D eigenvalue weighted by Crippen LogP contribution is 2.21. The van der Waals surface area contributed by atoms with Crippen LogP contribution >= 0.6 is 22.9 Å². The van der Waals surface area contributed by atoms with E-state index in [2.05, 4.69) is 15.6 Å². The largest absolute Gasteiger partial charge is 0.326 e. The number of anilines is 2. The van der Waals surface area contributed by atoms with Gasteiger partial charge in [-0.25, -0.2) is 4.98 Å². The van der Waals surface area contributed by atoms with Gasteiger partial charge in [0.2, 0.25) is 11.8 Å². The minimum absolute atomic E-state index is 0.122. The Morgan fingerprint density at radius 3 is 2.52 bits per heavy atom. The van der Waals surface area contributed by atoms with Gasteiger partial charge in [-0.2, -0.15) is 0 Å². The van der Waals surface area contributed by atoms with Crippen molar-refractivity contribution in [2.24, 2.45) is 0 Å². The van der Waals surface area contributed by atoms with Gasteiger partial charge in [0.05, 0.1) is 18.5 Å². The molecule has 2 amide bonds. The average molecular weight is 400 g/mol. The van der Waals surface area contributed by atoms with Crippen molar-refractivity contribution in [1.29, 1.82) is 0 Å². The number of nitrogens with zero attached hydrogens (tertiary/aromatic N) is 1. The number of amides is 2. The van der Waals surface area contributed by atoms with Crippen LogP contribution in [-0.4, -0.2) is 16.8 Å². The van der Waals surface area contributed by atoms with Gasteiger partial charge in [-0.3, -0.25) is 9.59 Å². The summed E-state index contributed by atoms with van der Waals surface area (Å²) in [5.74, 6) is -0.330. The molecule has 0 aliphatic carbocycles. The topological polar surface area (TPSA) is 71.1 Å². The Bertz CT molecular complexity index is 957. The highest BCUT2D eigenvalue weighted by Gasteiger charge is 2.11. The van der Waals surface area contributed by atoms with Crippen LogP contribution < -0.4 is 10.6 Å². The molecule has 0 spiro atoms. The van der Waals surface area contributed by atoms with Gasteiger partial charge in [0.15, 0.2) is 5.13 Å². The highest BCUT2D eigenvalue weighted by molar-refractivity contribution is 7.13. The van der Waals surface area contributed by atoms with Crippen LogP contribution in [0.25, 0.3) is 0 Å². The van der Waals surface area contributed by atoms with E-state index >= 15 is 0 Å². The molecule has 3 rings (SSSR count). The van der Waals surface area contributed by atoms with E-state index in [4.69, 9.17) is 11.6 Å². The number of hydrogen-bond acceptors (Lipinski definition) is 4. The Morgan fingerprint density at radius 2 is 1.78 bits per heavy atom. The molecule has 2 N–H and O–H groups in total. The summed E-state index contributed by atoms with van der Waals surface area (Å²) in [7, 11) is 0. The number of carbonyl (C=O) groups is 2. The number of aryl methyl sites for hydroxylation is 1. The third kappa shape index (κ3) is 5.64. The summed E-state index contributed by atoms with van der Waals surface area (Å²) >= 11 is 7.36. The summed E-state index contributed by atoms with van der Waals surface area (Å²) in [5.41, 5.74) is 3.13. The molecular formula is C20H18ClN3O2S. The van der Waals surface area contributed by atoms with Gasteiger partial charge in [-0.05, 0) is 30.2 Å². The van der Waals surface area contributed by atoms with E-state index in [0.717, 1.165) is 11.1 Å². The first kappa shape index (κ1) is 19.1. The monoisotopic (exact) mass is 399 g/mol. The SMILES string of the molecule is Cc1ccc(NC(=O)Cc2csc(NC(=O)Cc3ccccc3)n2)cc1Cl.